The molecule has 0 saturated heterocycles. The van der Waals surface area contributed by atoms with Crippen LogP contribution in [-0.4, -0.2) is 32.0 Å². The minimum atomic E-state index is -3.67. The zero-order valence-corrected chi connectivity index (χ0v) is 12.8. The Balaban J connectivity index is 2.95. The number of rotatable bonds is 7. The first-order valence-corrected chi connectivity index (χ1v) is 8.07. The summed E-state index contributed by atoms with van der Waals surface area (Å²) in [4.78, 5) is 11.9. The van der Waals surface area contributed by atoms with Crippen molar-refractivity contribution in [3.63, 3.8) is 0 Å². The van der Waals surface area contributed by atoms with E-state index >= 15 is 0 Å². The first-order valence-electron chi connectivity index (χ1n) is 6.59. The van der Waals surface area contributed by atoms with Gasteiger partial charge in [0, 0.05) is 17.5 Å². The van der Waals surface area contributed by atoms with E-state index < -0.39 is 16.1 Å². The Morgan fingerprint density at radius 2 is 1.80 bits per heavy atom. The highest BCUT2D eigenvalue weighted by Gasteiger charge is 2.19. The molecule has 6 heteroatoms. The van der Waals surface area contributed by atoms with Gasteiger partial charge in [-0.2, -0.15) is 0 Å². The van der Waals surface area contributed by atoms with Gasteiger partial charge in [0.2, 0.25) is 10.0 Å². The first kappa shape index (κ1) is 16.8. The first-order chi connectivity index (χ1) is 9.31. The molecule has 1 rings (SSSR count). The van der Waals surface area contributed by atoms with Crippen molar-refractivity contribution in [2.45, 2.75) is 38.1 Å². The minimum absolute atomic E-state index is 0.0244. The van der Waals surface area contributed by atoms with E-state index in [4.69, 9.17) is 5.11 Å². The lowest BCUT2D eigenvalue weighted by molar-refractivity contribution is 0.0939. The van der Waals surface area contributed by atoms with Crippen molar-refractivity contribution in [2.24, 2.45) is 5.92 Å². The molecule has 0 saturated carbocycles. The third-order valence-electron chi connectivity index (χ3n) is 3.01. The van der Waals surface area contributed by atoms with Crippen LogP contribution in [0.15, 0.2) is 29.2 Å². The Hall–Kier alpha value is -1.24. The number of hydrogen-bond acceptors (Lipinski definition) is 4. The summed E-state index contributed by atoms with van der Waals surface area (Å²) in [7, 11) is -3.67. The van der Waals surface area contributed by atoms with E-state index in [2.05, 4.69) is 4.72 Å². The Bertz CT molecular complexity index is 545. The fraction of sp³-hybridized carbons (Fsp3) is 0.500. The summed E-state index contributed by atoms with van der Waals surface area (Å²) < 4.78 is 26.6. The standard InChI is InChI=1S/C14H21NO4S/c1-4-12(9-16)15-20(18,19)13-7-5-11(6-8-13)14(17)10(2)3/h5-8,10,12,15-16H,4,9H2,1-3H3. The Morgan fingerprint density at radius 3 is 2.20 bits per heavy atom. The van der Waals surface area contributed by atoms with Crippen molar-refractivity contribution in [3.8, 4) is 0 Å². The number of Topliss-reactive ketones (excluding diaryl/α,β-unsaturated/α-hetero) is 1. The van der Waals surface area contributed by atoms with Gasteiger partial charge in [-0.05, 0) is 18.6 Å². The maximum Gasteiger partial charge on any atom is 0.240 e. The molecule has 0 aliphatic carbocycles. The molecular weight excluding hydrogens is 278 g/mol. The maximum absolute atomic E-state index is 12.1. The molecular formula is C14H21NO4S. The Morgan fingerprint density at radius 1 is 1.25 bits per heavy atom. The van der Waals surface area contributed by atoms with Crippen molar-refractivity contribution < 1.29 is 18.3 Å². The van der Waals surface area contributed by atoms with Gasteiger partial charge in [-0.15, -0.1) is 0 Å². The second-order valence-electron chi connectivity index (χ2n) is 4.95. The second kappa shape index (κ2) is 6.97. The predicted octanol–water partition coefficient (Wildman–Crippen LogP) is 1.57. The average Bonchev–Trinajstić information content (AvgIpc) is 2.44. The van der Waals surface area contributed by atoms with E-state index in [0.29, 0.717) is 12.0 Å². The summed E-state index contributed by atoms with van der Waals surface area (Å²) in [6.45, 7) is 5.12. The molecule has 0 aliphatic rings. The second-order valence-corrected chi connectivity index (χ2v) is 6.67. The predicted molar refractivity (Wildman–Crippen MR) is 77.1 cm³/mol. The summed E-state index contributed by atoms with van der Waals surface area (Å²) in [6, 6.07) is 5.33. The molecule has 0 heterocycles. The lowest BCUT2D eigenvalue weighted by atomic mass is 10.0. The number of ketones is 1. The van der Waals surface area contributed by atoms with Crippen LogP contribution >= 0.6 is 0 Å². The monoisotopic (exact) mass is 299 g/mol. The van der Waals surface area contributed by atoms with Crippen LogP contribution in [0.3, 0.4) is 0 Å². The average molecular weight is 299 g/mol. The Labute approximate surface area is 120 Å². The maximum atomic E-state index is 12.1. The fourth-order valence-electron chi connectivity index (χ4n) is 1.67. The van der Waals surface area contributed by atoms with E-state index in [1.165, 1.54) is 24.3 Å². The van der Waals surface area contributed by atoms with Crippen LogP contribution in [0.4, 0.5) is 0 Å². The van der Waals surface area contributed by atoms with E-state index in [-0.39, 0.29) is 23.2 Å². The number of hydrogen-bond donors (Lipinski definition) is 2. The van der Waals surface area contributed by atoms with Gasteiger partial charge < -0.3 is 5.11 Å². The normalized spacial score (nSPS) is 13.4. The molecule has 0 aromatic heterocycles. The molecule has 1 aromatic carbocycles. The summed E-state index contributed by atoms with van der Waals surface area (Å²) in [5.41, 5.74) is 0.494. The largest absolute Gasteiger partial charge is 0.395 e. The van der Waals surface area contributed by atoms with Crippen LogP contribution in [0.5, 0.6) is 0 Å². The quantitative estimate of drug-likeness (QED) is 0.749. The number of carbonyl (C=O) groups is 1. The van der Waals surface area contributed by atoms with Gasteiger partial charge in [0.15, 0.2) is 5.78 Å². The van der Waals surface area contributed by atoms with Crippen LogP contribution in [0.1, 0.15) is 37.6 Å². The smallest absolute Gasteiger partial charge is 0.240 e. The van der Waals surface area contributed by atoms with Gasteiger partial charge in [0.25, 0.3) is 0 Å². The van der Waals surface area contributed by atoms with E-state index in [0.717, 1.165) is 0 Å². The van der Waals surface area contributed by atoms with Crippen LogP contribution in [0, 0.1) is 5.92 Å². The van der Waals surface area contributed by atoms with Gasteiger partial charge in [-0.1, -0.05) is 32.9 Å². The topological polar surface area (TPSA) is 83.5 Å². The number of nitrogens with one attached hydrogen (secondary N) is 1. The molecule has 1 aromatic rings. The number of benzene rings is 1. The SMILES string of the molecule is CCC(CO)NS(=O)(=O)c1ccc(C(=O)C(C)C)cc1. The van der Waals surface area contributed by atoms with Crippen molar-refractivity contribution in [2.75, 3.05) is 6.61 Å². The van der Waals surface area contributed by atoms with Crippen molar-refractivity contribution in [1.82, 2.24) is 4.72 Å². The zero-order chi connectivity index (χ0) is 15.3. The molecule has 112 valence electrons. The van der Waals surface area contributed by atoms with Gasteiger partial charge in [0.1, 0.15) is 0 Å². The molecule has 0 aliphatic heterocycles. The third kappa shape index (κ3) is 4.13. The highest BCUT2D eigenvalue weighted by Crippen LogP contribution is 2.14. The van der Waals surface area contributed by atoms with Crippen LogP contribution in [-0.2, 0) is 10.0 Å². The summed E-state index contributed by atoms with van der Waals surface area (Å²) in [5, 5.41) is 9.04. The molecule has 1 atom stereocenters. The summed E-state index contributed by atoms with van der Waals surface area (Å²) in [5.74, 6) is -0.154. The van der Waals surface area contributed by atoms with E-state index in [1.54, 1.807) is 20.8 Å². The van der Waals surface area contributed by atoms with Crippen LogP contribution < -0.4 is 4.72 Å². The third-order valence-corrected chi connectivity index (χ3v) is 4.54. The molecule has 0 amide bonds. The van der Waals surface area contributed by atoms with Crippen molar-refractivity contribution >= 4 is 15.8 Å². The highest BCUT2D eigenvalue weighted by atomic mass is 32.2. The molecule has 0 spiro atoms. The summed E-state index contributed by atoms with van der Waals surface area (Å²) >= 11 is 0. The lowest BCUT2D eigenvalue weighted by Crippen LogP contribution is -2.36. The number of aliphatic hydroxyl groups is 1. The van der Waals surface area contributed by atoms with Crippen LogP contribution in [0.25, 0.3) is 0 Å². The van der Waals surface area contributed by atoms with Gasteiger partial charge in [-0.3, -0.25) is 4.79 Å². The van der Waals surface area contributed by atoms with E-state index in [9.17, 15) is 13.2 Å². The van der Waals surface area contributed by atoms with E-state index in [1.807, 2.05) is 0 Å². The van der Waals surface area contributed by atoms with Gasteiger partial charge >= 0.3 is 0 Å². The molecule has 1 unspecified atom stereocenters. The van der Waals surface area contributed by atoms with Crippen molar-refractivity contribution in [3.05, 3.63) is 29.8 Å². The number of aliphatic hydroxyl groups excluding tert-OH is 1. The number of sulfonamides is 1. The molecule has 0 bridgehead atoms. The van der Waals surface area contributed by atoms with Gasteiger partial charge in [-0.25, -0.2) is 13.1 Å². The van der Waals surface area contributed by atoms with Gasteiger partial charge in [0.05, 0.1) is 11.5 Å². The molecule has 5 nitrogen and oxygen atoms in total. The molecule has 0 fully saturated rings. The highest BCUT2D eigenvalue weighted by molar-refractivity contribution is 7.89. The number of carbonyl (C=O) groups excluding carboxylic acids is 1. The summed E-state index contributed by atoms with van der Waals surface area (Å²) in [6.07, 6.45) is 0.500. The van der Waals surface area contributed by atoms with Crippen LogP contribution in [0.2, 0.25) is 0 Å². The zero-order valence-electron chi connectivity index (χ0n) is 12.0. The minimum Gasteiger partial charge on any atom is -0.395 e. The lowest BCUT2D eigenvalue weighted by Gasteiger charge is -2.14. The molecule has 2 N–H and O–H groups in total. The molecule has 20 heavy (non-hydrogen) atoms. The Kier molecular flexibility index (Phi) is 5.86. The fourth-order valence-corrected chi connectivity index (χ4v) is 2.98. The van der Waals surface area contributed by atoms with Crippen molar-refractivity contribution in [1.29, 1.82) is 0 Å². The molecule has 0 radical (unpaired) electrons.